The number of fused-ring (bicyclic) bond motifs is 1. The van der Waals surface area contributed by atoms with Gasteiger partial charge in [-0.1, -0.05) is 19.4 Å². The molecular weight excluding hydrogens is 404 g/mol. The normalized spacial score (nSPS) is 23.0. The van der Waals surface area contributed by atoms with E-state index in [2.05, 4.69) is 18.4 Å². The summed E-state index contributed by atoms with van der Waals surface area (Å²) in [7, 11) is -3.59. The van der Waals surface area contributed by atoms with Crippen LogP contribution in [-0.2, 0) is 16.4 Å². The average Bonchev–Trinajstić information content (AvgIpc) is 3.21. The lowest BCUT2D eigenvalue weighted by atomic mass is 9.97. The van der Waals surface area contributed by atoms with Gasteiger partial charge in [-0.3, -0.25) is 4.79 Å². The molecule has 2 aliphatic rings. The van der Waals surface area contributed by atoms with Gasteiger partial charge >= 0.3 is 0 Å². The van der Waals surface area contributed by atoms with Crippen molar-refractivity contribution < 1.29 is 13.2 Å². The van der Waals surface area contributed by atoms with Crippen molar-refractivity contribution in [2.24, 2.45) is 0 Å². The lowest BCUT2D eigenvalue weighted by Crippen LogP contribution is -2.42. The summed E-state index contributed by atoms with van der Waals surface area (Å²) in [4.78, 5) is 16.8. The smallest absolute Gasteiger partial charge is 0.254 e. The van der Waals surface area contributed by atoms with Crippen LogP contribution in [0.2, 0.25) is 0 Å². The Bertz CT molecular complexity index is 999. The number of piperidine rings is 1. The van der Waals surface area contributed by atoms with Gasteiger partial charge in [-0.25, -0.2) is 8.42 Å². The maximum atomic E-state index is 13.3. The Kier molecular flexibility index (Phi) is 5.82. The van der Waals surface area contributed by atoms with Crippen LogP contribution in [0.25, 0.3) is 0 Å². The topological polar surface area (TPSA) is 57.7 Å². The second-order valence-electron chi connectivity index (χ2n) is 7.96. The highest BCUT2D eigenvalue weighted by atomic mass is 32.2. The van der Waals surface area contributed by atoms with Gasteiger partial charge in [0.2, 0.25) is 10.0 Å². The molecule has 0 bridgehead atoms. The molecule has 2 atom stereocenters. The maximum absolute atomic E-state index is 13.3. The second kappa shape index (κ2) is 8.20. The number of hydrogen-bond donors (Lipinski definition) is 0. The third kappa shape index (κ3) is 3.76. The summed E-state index contributed by atoms with van der Waals surface area (Å²) in [6.45, 7) is 5.28. The zero-order valence-corrected chi connectivity index (χ0v) is 18.6. The van der Waals surface area contributed by atoms with Crippen LogP contribution < -0.4 is 0 Å². The molecule has 1 saturated heterocycles. The lowest BCUT2D eigenvalue weighted by Gasteiger charge is -2.35. The number of carbonyl (C=O) groups is 1. The number of nitrogens with zero attached hydrogens (tertiary/aromatic N) is 2. The first-order valence-electron chi connectivity index (χ1n) is 10.4. The number of amides is 1. The van der Waals surface area contributed by atoms with Crippen molar-refractivity contribution in [1.29, 1.82) is 0 Å². The Labute approximate surface area is 177 Å². The number of thiophene rings is 1. The standard InChI is InChI=1S/C22H28N2O3S2/c1-3-20-19-11-14-28-21(19)10-13-23(20)22(25)17-8-6-9-18(15-17)29(26,27)24-12-5-4-7-16(24)2/h6,8-9,11,14-16,20H,3-5,7,10,12-13H2,1-2H3. The van der Waals surface area contributed by atoms with E-state index >= 15 is 0 Å². The molecule has 0 N–H and O–H groups in total. The fourth-order valence-electron chi connectivity index (χ4n) is 4.60. The highest BCUT2D eigenvalue weighted by Gasteiger charge is 2.33. The van der Waals surface area contributed by atoms with Crippen LogP contribution in [-0.4, -0.2) is 42.7 Å². The highest BCUT2D eigenvalue weighted by Crippen LogP contribution is 2.36. The third-order valence-electron chi connectivity index (χ3n) is 6.17. The molecule has 7 heteroatoms. The van der Waals surface area contributed by atoms with Crippen LogP contribution in [0.1, 0.15) is 66.4 Å². The van der Waals surface area contributed by atoms with E-state index in [9.17, 15) is 13.2 Å². The number of sulfonamides is 1. The first kappa shape index (κ1) is 20.6. The second-order valence-corrected chi connectivity index (χ2v) is 10.9. The van der Waals surface area contributed by atoms with Crippen LogP contribution >= 0.6 is 11.3 Å². The minimum Gasteiger partial charge on any atom is -0.331 e. The lowest BCUT2D eigenvalue weighted by molar-refractivity contribution is 0.0657. The molecule has 0 aliphatic carbocycles. The molecule has 2 aliphatic heterocycles. The Balaban J connectivity index is 1.63. The van der Waals surface area contributed by atoms with E-state index in [1.54, 1.807) is 39.9 Å². The summed E-state index contributed by atoms with van der Waals surface area (Å²) >= 11 is 1.75. The molecule has 156 valence electrons. The highest BCUT2D eigenvalue weighted by molar-refractivity contribution is 7.89. The quantitative estimate of drug-likeness (QED) is 0.717. The van der Waals surface area contributed by atoms with Gasteiger partial charge in [0, 0.05) is 29.6 Å². The van der Waals surface area contributed by atoms with Crippen molar-refractivity contribution in [2.75, 3.05) is 13.1 Å². The first-order chi connectivity index (χ1) is 13.9. The van der Waals surface area contributed by atoms with Crippen LogP contribution in [0.3, 0.4) is 0 Å². The SMILES string of the molecule is CCC1c2ccsc2CCN1C(=O)c1cccc(S(=O)(=O)N2CCCCC2C)c1. The Morgan fingerprint density at radius 2 is 2.03 bits per heavy atom. The summed E-state index contributed by atoms with van der Waals surface area (Å²) in [5, 5.41) is 2.09. The van der Waals surface area contributed by atoms with E-state index in [1.807, 2.05) is 11.8 Å². The van der Waals surface area contributed by atoms with Crippen molar-refractivity contribution in [3.63, 3.8) is 0 Å². The Hall–Kier alpha value is -1.70. The van der Waals surface area contributed by atoms with Crippen molar-refractivity contribution in [2.45, 2.75) is 62.9 Å². The van der Waals surface area contributed by atoms with Gasteiger partial charge in [0.1, 0.15) is 0 Å². The fourth-order valence-corrected chi connectivity index (χ4v) is 7.27. The molecule has 0 spiro atoms. The predicted molar refractivity (Wildman–Crippen MR) is 116 cm³/mol. The molecule has 1 aromatic heterocycles. The summed E-state index contributed by atoms with van der Waals surface area (Å²) in [5.41, 5.74) is 1.69. The van der Waals surface area contributed by atoms with E-state index < -0.39 is 10.0 Å². The fraction of sp³-hybridized carbons (Fsp3) is 0.500. The summed E-state index contributed by atoms with van der Waals surface area (Å²) in [6, 6.07) is 8.77. The van der Waals surface area contributed by atoms with E-state index in [0.29, 0.717) is 18.7 Å². The molecule has 1 aromatic carbocycles. The monoisotopic (exact) mass is 432 g/mol. The molecular formula is C22H28N2O3S2. The van der Waals surface area contributed by atoms with Crippen LogP contribution in [0.5, 0.6) is 0 Å². The van der Waals surface area contributed by atoms with Crippen molar-refractivity contribution >= 4 is 27.3 Å². The van der Waals surface area contributed by atoms with Crippen LogP contribution in [0.4, 0.5) is 0 Å². The third-order valence-corrected chi connectivity index (χ3v) is 9.18. The van der Waals surface area contributed by atoms with E-state index in [1.165, 1.54) is 10.4 Å². The Morgan fingerprint density at radius 1 is 1.21 bits per heavy atom. The molecule has 1 amide bonds. The molecule has 2 aromatic rings. The minimum atomic E-state index is -3.59. The van der Waals surface area contributed by atoms with Gasteiger partial charge in [-0.05, 0) is 67.8 Å². The molecule has 29 heavy (non-hydrogen) atoms. The van der Waals surface area contributed by atoms with Gasteiger partial charge < -0.3 is 4.90 Å². The Morgan fingerprint density at radius 3 is 2.79 bits per heavy atom. The van der Waals surface area contributed by atoms with Gasteiger partial charge in [0.25, 0.3) is 5.91 Å². The van der Waals surface area contributed by atoms with E-state index in [0.717, 1.165) is 32.1 Å². The van der Waals surface area contributed by atoms with Gasteiger partial charge in [-0.2, -0.15) is 4.31 Å². The van der Waals surface area contributed by atoms with Gasteiger partial charge in [0.05, 0.1) is 10.9 Å². The molecule has 2 unspecified atom stereocenters. The number of carbonyl (C=O) groups excluding carboxylic acids is 1. The molecule has 0 saturated carbocycles. The van der Waals surface area contributed by atoms with Gasteiger partial charge in [-0.15, -0.1) is 11.3 Å². The molecule has 5 nitrogen and oxygen atoms in total. The average molecular weight is 433 g/mol. The summed E-state index contributed by atoms with van der Waals surface area (Å²) in [6.07, 6.45) is 4.53. The first-order valence-corrected chi connectivity index (χ1v) is 12.7. The van der Waals surface area contributed by atoms with E-state index in [4.69, 9.17) is 0 Å². The zero-order valence-electron chi connectivity index (χ0n) is 17.0. The van der Waals surface area contributed by atoms with Crippen LogP contribution in [0, 0.1) is 0 Å². The molecule has 3 heterocycles. The van der Waals surface area contributed by atoms with Gasteiger partial charge in [0.15, 0.2) is 0 Å². The van der Waals surface area contributed by atoms with Crippen molar-refractivity contribution in [3.05, 3.63) is 51.7 Å². The molecule has 4 rings (SSSR count). The number of benzene rings is 1. The van der Waals surface area contributed by atoms with Crippen molar-refractivity contribution in [1.82, 2.24) is 9.21 Å². The minimum absolute atomic E-state index is 0.00307. The summed E-state index contributed by atoms with van der Waals surface area (Å²) in [5.74, 6) is -0.0857. The van der Waals surface area contributed by atoms with Crippen molar-refractivity contribution in [3.8, 4) is 0 Å². The largest absolute Gasteiger partial charge is 0.331 e. The predicted octanol–water partition coefficient (Wildman–Crippen LogP) is 4.46. The maximum Gasteiger partial charge on any atom is 0.254 e. The molecule has 0 radical (unpaired) electrons. The number of hydrogen-bond acceptors (Lipinski definition) is 4. The zero-order chi connectivity index (χ0) is 20.6. The molecule has 1 fully saturated rings. The van der Waals surface area contributed by atoms with E-state index in [-0.39, 0.29) is 22.9 Å². The van der Waals surface area contributed by atoms with Crippen LogP contribution in [0.15, 0.2) is 40.6 Å². The number of rotatable bonds is 4. The summed E-state index contributed by atoms with van der Waals surface area (Å²) < 4.78 is 28.0.